The fourth-order valence-corrected chi connectivity index (χ4v) is 4.04. The number of aromatic nitrogens is 1. The van der Waals surface area contributed by atoms with E-state index in [1.54, 1.807) is 6.20 Å². The van der Waals surface area contributed by atoms with Gasteiger partial charge in [0, 0.05) is 45.3 Å². The van der Waals surface area contributed by atoms with E-state index >= 15 is 0 Å². The van der Waals surface area contributed by atoms with Crippen LogP contribution in [0.1, 0.15) is 25.7 Å². The number of nitrogens with zero attached hydrogens (tertiary/aromatic N) is 3. The Morgan fingerprint density at radius 2 is 2.00 bits per heavy atom. The van der Waals surface area contributed by atoms with Gasteiger partial charge in [0.15, 0.2) is 0 Å². The molecule has 0 unspecified atom stereocenters. The van der Waals surface area contributed by atoms with Gasteiger partial charge in [-0.25, -0.2) is 13.8 Å². The van der Waals surface area contributed by atoms with Crippen molar-refractivity contribution in [1.82, 2.24) is 9.88 Å². The van der Waals surface area contributed by atoms with Crippen LogP contribution < -0.4 is 4.90 Å². The summed E-state index contributed by atoms with van der Waals surface area (Å²) < 4.78 is 29.4. The van der Waals surface area contributed by atoms with Crippen molar-refractivity contribution >= 4 is 5.82 Å². The van der Waals surface area contributed by atoms with Gasteiger partial charge in [-0.1, -0.05) is 6.07 Å². The van der Waals surface area contributed by atoms with Crippen LogP contribution in [0.2, 0.25) is 0 Å². The summed E-state index contributed by atoms with van der Waals surface area (Å²) in [5.41, 5.74) is -0.891. The summed E-state index contributed by atoms with van der Waals surface area (Å²) in [4.78, 5) is 8.66. The van der Waals surface area contributed by atoms with Gasteiger partial charge in [-0.05, 0) is 37.3 Å². The molecule has 2 saturated heterocycles. The van der Waals surface area contributed by atoms with Crippen LogP contribution in [0.3, 0.4) is 0 Å². The zero-order chi connectivity index (χ0) is 15.2. The van der Waals surface area contributed by atoms with Gasteiger partial charge in [-0.2, -0.15) is 0 Å². The Bertz CT molecular complexity index is 532. The van der Waals surface area contributed by atoms with Gasteiger partial charge in [-0.3, -0.25) is 0 Å². The lowest BCUT2D eigenvalue weighted by molar-refractivity contribution is -0.157. The number of hydrogen-bond acceptors (Lipinski definition) is 3. The highest BCUT2D eigenvalue weighted by Crippen LogP contribution is 2.50. The molecule has 3 heterocycles. The Morgan fingerprint density at radius 1 is 1.14 bits per heavy atom. The van der Waals surface area contributed by atoms with E-state index in [9.17, 15) is 8.78 Å². The summed E-state index contributed by atoms with van der Waals surface area (Å²) in [7, 11) is 0. The van der Waals surface area contributed by atoms with E-state index in [1.165, 1.54) is 12.8 Å². The first-order valence-corrected chi connectivity index (χ1v) is 8.34. The number of pyridine rings is 1. The van der Waals surface area contributed by atoms with Crippen molar-refractivity contribution in [3.63, 3.8) is 0 Å². The van der Waals surface area contributed by atoms with Crippen molar-refractivity contribution in [1.29, 1.82) is 0 Å². The molecule has 0 amide bonds. The minimum absolute atomic E-state index is 0.00970. The molecule has 1 aromatic heterocycles. The van der Waals surface area contributed by atoms with E-state index in [0.717, 1.165) is 18.3 Å². The molecule has 1 aliphatic carbocycles. The number of halogens is 2. The second-order valence-corrected chi connectivity index (χ2v) is 7.27. The molecule has 22 heavy (non-hydrogen) atoms. The molecule has 0 N–H and O–H groups in total. The molecule has 3 aliphatic rings. The zero-order valence-electron chi connectivity index (χ0n) is 12.8. The average molecular weight is 307 g/mol. The fourth-order valence-electron chi connectivity index (χ4n) is 4.04. The van der Waals surface area contributed by atoms with Crippen LogP contribution in [0, 0.1) is 11.3 Å². The monoisotopic (exact) mass is 307 g/mol. The van der Waals surface area contributed by atoms with Gasteiger partial charge in [-0.15, -0.1) is 0 Å². The molecular weight excluding hydrogens is 284 g/mol. The molecule has 1 saturated carbocycles. The van der Waals surface area contributed by atoms with Crippen LogP contribution in [-0.4, -0.2) is 48.5 Å². The molecule has 1 spiro atoms. The lowest BCUT2D eigenvalue weighted by Crippen LogP contribution is -2.57. The third kappa shape index (κ3) is 2.49. The molecule has 0 radical (unpaired) electrons. The molecule has 4 rings (SSSR count). The molecule has 1 aromatic rings. The highest BCUT2D eigenvalue weighted by molar-refractivity contribution is 5.40. The summed E-state index contributed by atoms with van der Waals surface area (Å²) in [5.74, 6) is -0.970. The lowest BCUT2D eigenvalue weighted by Gasteiger charge is -2.46. The average Bonchev–Trinajstić information content (AvgIpc) is 3.22. The van der Waals surface area contributed by atoms with E-state index < -0.39 is 11.3 Å². The number of rotatable bonds is 3. The summed E-state index contributed by atoms with van der Waals surface area (Å²) >= 11 is 0. The van der Waals surface area contributed by atoms with Crippen molar-refractivity contribution in [3.8, 4) is 0 Å². The van der Waals surface area contributed by atoms with Crippen LogP contribution in [-0.2, 0) is 0 Å². The number of anilines is 1. The maximum atomic E-state index is 14.7. The van der Waals surface area contributed by atoms with Gasteiger partial charge in [0.2, 0.25) is 0 Å². The van der Waals surface area contributed by atoms with E-state index in [-0.39, 0.29) is 6.42 Å². The minimum Gasteiger partial charge on any atom is -0.356 e. The third-order valence-corrected chi connectivity index (χ3v) is 5.58. The standard InChI is InChI=1S/C17H23F2N3/c18-17(19)7-9-21(11-14-4-5-14)12-16(17)6-10-22(13-16)15-3-1-2-8-20-15/h1-3,8,14H,4-7,9-13H2/t16-/m1/s1. The summed E-state index contributed by atoms with van der Waals surface area (Å²) in [6.45, 7) is 3.22. The predicted octanol–water partition coefficient (Wildman–Crippen LogP) is 3.03. The molecule has 0 bridgehead atoms. The molecule has 3 nitrogen and oxygen atoms in total. The maximum absolute atomic E-state index is 14.7. The van der Waals surface area contributed by atoms with Crippen molar-refractivity contribution < 1.29 is 8.78 Å². The molecule has 120 valence electrons. The largest absolute Gasteiger partial charge is 0.356 e. The zero-order valence-corrected chi connectivity index (χ0v) is 12.8. The molecule has 3 fully saturated rings. The van der Waals surface area contributed by atoms with Gasteiger partial charge in [0.1, 0.15) is 5.82 Å². The second-order valence-electron chi connectivity index (χ2n) is 7.27. The van der Waals surface area contributed by atoms with Gasteiger partial charge in [0.25, 0.3) is 5.92 Å². The first kappa shape index (κ1) is 14.4. The molecular formula is C17H23F2N3. The molecule has 1 atom stereocenters. The minimum atomic E-state index is -2.56. The van der Waals surface area contributed by atoms with Crippen molar-refractivity contribution in [2.45, 2.75) is 31.6 Å². The Labute approximate surface area is 130 Å². The molecule has 5 heteroatoms. The van der Waals surface area contributed by atoms with Gasteiger partial charge in [0.05, 0.1) is 5.41 Å². The number of alkyl halides is 2. The Morgan fingerprint density at radius 3 is 2.73 bits per heavy atom. The quantitative estimate of drug-likeness (QED) is 0.855. The van der Waals surface area contributed by atoms with Crippen LogP contribution in [0.4, 0.5) is 14.6 Å². The van der Waals surface area contributed by atoms with Crippen LogP contribution in [0.15, 0.2) is 24.4 Å². The topological polar surface area (TPSA) is 19.4 Å². The van der Waals surface area contributed by atoms with E-state index in [1.807, 2.05) is 23.1 Å². The van der Waals surface area contributed by atoms with Crippen molar-refractivity contribution in [2.24, 2.45) is 11.3 Å². The maximum Gasteiger partial charge on any atom is 0.257 e. The van der Waals surface area contributed by atoms with E-state index in [4.69, 9.17) is 0 Å². The van der Waals surface area contributed by atoms with Crippen LogP contribution in [0.5, 0.6) is 0 Å². The third-order valence-electron chi connectivity index (χ3n) is 5.58. The first-order valence-electron chi connectivity index (χ1n) is 8.34. The van der Waals surface area contributed by atoms with Crippen LogP contribution >= 0.6 is 0 Å². The Balaban J connectivity index is 1.52. The van der Waals surface area contributed by atoms with Crippen molar-refractivity contribution in [3.05, 3.63) is 24.4 Å². The van der Waals surface area contributed by atoms with Crippen LogP contribution in [0.25, 0.3) is 0 Å². The highest BCUT2D eigenvalue weighted by atomic mass is 19.3. The van der Waals surface area contributed by atoms with Gasteiger partial charge >= 0.3 is 0 Å². The Kier molecular flexibility index (Phi) is 3.36. The van der Waals surface area contributed by atoms with Gasteiger partial charge < -0.3 is 9.80 Å². The molecule has 0 aromatic carbocycles. The van der Waals surface area contributed by atoms with E-state index in [2.05, 4.69) is 9.88 Å². The number of hydrogen-bond donors (Lipinski definition) is 0. The SMILES string of the molecule is FC1(F)CCN(CC2CC2)C[C@@]12CCN(c1ccccn1)C2. The van der Waals surface area contributed by atoms with E-state index in [0.29, 0.717) is 32.6 Å². The summed E-state index contributed by atoms with van der Waals surface area (Å²) in [5, 5.41) is 0. The highest BCUT2D eigenvalue weighted by Gasteiger charge is 2.59. The number of piperidine rings is 1. The Hall–Kier alpha value is -1.23. The predicted molar refractivity (Wildman–Crippen MR) is 82.2 cm³/mol. The second kappa shape index (κ2) is 5.15. The fraction of sp³-hybridized carbons (Fsp3) is 0.706. The summed E-state index contributed by atoms with van der Waals surface area (Å²) in [6, 6.07) is 5.70. The molecule has 2 aliphatic heterocycles. The normalized spacial score (nSPS) is 31.8. The smallest absolute Gasteiger partial charge is 0.257 e. The number of likely N-dealkylation sites (tertiary alicyclic amines) is 1. The summed E-state index contributed by atoms with van der Waals surface area (Å²) in [6.07, 6.45) is 4.87. The first-order chi connectivity index (χ1) is 10.6. The van der Waals surface area contributed by atoms with Crippen molar-refractivity contribution in [2.75, 3.05) is 37.6 Å². The lowest BCUT2D eigenvalue weighted by atomic mass is 9.75.